The van der Waals surface area contributed by atoms with Crippen molar-refractivity contribution in [1.82, 2.24) is 5.32 Å². The standard InChI is InChI=1S/C13H24N2S2/c1-3-16-8-11(2)15-12-14-9-13(10-17-12)6-4-5-7-13/h11H,3-10H2,1-2H3,(H,14,15). The third kappa shape index (κ3) is 3.82. The zero-order valence-corrected chi connectivity index (χ0v) is 12.6. The van der Waals surface area contributed by atoms with Crippen molar-refractivity contribution in [2.75, 3.05) is 23.8 Å². The van der Waals surface area contributed by atoms with Gasteiger partial charge in [0.2, 0.25) is 0 Å². The fourth-order valence-electron chi connectivity index (χ4n) is 2.61. The van der Waals surface area contributed by atoms with E-state index in [-0.39, 0.29) is 0 Å². The Hall–Kier alpha value is 0.170. The van der Waals surface area contributed by atoms with Crippen LogP contribution in [0.3, 0.4) is 0 Å². The normalized spacial score (nSPS) is 24.7. The minimum atomic E-state index is 0.545. The van der Waals surface area contributed by atoms with Crippen molar-refractivity contribution in [2.45, 2.75) is 45.6 Å². The Morgan fingerprint density at radius 1 is 1.47 bits per heavy atom. The average molecular weight is 272 g/mol. The van der Waals surface area contributed by atoms with E-state index in [2.05, 4.69) is 19.2 Å². The molecule has 1 saturated carbocycles. The van der Waals surface area contributed by atoms with Gasteiger partial charge in [0.1, 0.15) is 0 Å². The van der Waals surface area contributed by atoms with Crippen LogP contribution in [-0.4, -0.2) is 35.0 Å². The quantitative estimate of drug-likeness (QED) is 0.849. The molecule has 0 radical (unpaired) electrons. The van der Waals surface area contributed by atoms with E-state index in [1.54, 1.807) is 0 Å². The van der Waals surface area contributed by atoms with E-state index in [4.69, 9.17) is 4.99 Å². The van der Waals surface area contributed by atoms with Gasteiger partial charge >= 0.3 is 0 Å². The summed E-state index contributed by atoms with van der Waals surface area (Å²) in [4.78, 5) is 4.77. The average Bonchev–Trinajstić information content (AvgIpc) is 2.79. The third-order valence-corrected chi connectivity index (χ3v) is 6.10. The summed E-state index contributed by atoms with van der Waals surface area (Å²) in [6.45, 7) is 5.54. The summed E-state index contributed by atoms with van der Waals surface area (Å²) in [6.07, 6.45) is 5.64. The van der Waals surface area contributed by atoms with Gasteiger partial charge in [0.15, 0.2) is 5.17 Å². The second-order valence-electron chi connectivity index (χ2n) is 5.32. The van der Waals surface area contributed by atoms with Gasteiger partial charge in [-0.15, -0.1) is 0 Å². The molecule has 1 fully saturated rings. The second-order valence-corrected chi connectivity index (χ2v) is 7.60. The fraction of sp³-hybridized carbons (Fsp3) is 0.923. The van der Waals surface area contributed by atoms with Crippen LogP contribution in [0.15, 0.2) is 4.99 Å². The molecule has 0 aromatic heterocycles. The third-order valence-electron chi connectivity index (χ3n) is 3.68. The summed E-state index contributed by atoms with van der Waals surface area (Å²) in [5.41, 5.74) is 0.567. The summed E-state index contributed by atoms with van der Waals surface area (Å²) in [7, 11) is 0. The van der Waals surface area contributed by atoms with Gasteiger partial charge in [0.25, 0.3) is 0 Å². The minimum absolute atomic E-state index is 0.545. The molecule has 0 amide bonds. The highest BCUT2D eigenvalue weighted by molar-refractivity contribution is 8.13. The first-order valence-corrected chi connectivity index (χ1v) is 8.90. The van der Waals surface area contributed by atoms with Crippen molar-refractivity contribution in [3.8, 4) is 0 Å². The van der Waals surface area contributed by atoms with Crippen LogP contribution < -0.4 is 5.32 Å². The Morgan fingerprint density at radius 3 is 2.82 bits per heavy atom. The number of rotatable bonds is 4. The van der Waals surface area contributed by atoms with Crippen molar-refractivity contribution < 1.29 is 0 Å². The molecular weight excluding hydrogens is 248 g/mol. The lowest BCUT2D eigenvalue weighted by Crippen LogP contribution is -2.38. The van der Waals surface area contributed by atoms with Gasteiger partial charge in [-0.3, -0.25) is 4.99 Å². The van der Waals surface area contributed by atoms with Crippen LogP contribution in [0.1, 0.15) is 39.5 Å². The predicted octanol–water partition coefficient (Wildman–Crippen LogP) is 3.38. The van der Waals surface area contributed by atoms with Crippen molar-refractivity contribution in [2.24, 2.45) is 10.4 Å². The summed E-state index contributed by atoms with van der Waals surface area (Å²) >= 11 is 3.95. The number of nitrogens with zero attached hydrogens (tertiary/aromatic N) is 1. The number of amidine groups is 1. The highest BCUT2D eigenvalue weighted by atomic mass is 32.2. The summed E-state index contributed by atoms with van der Waals surface area (Å²) in [5.74, 6) is 3.67. The van der Waals surface area contributed by atoms with Crippen LogP contribution >= 0.6 is 23.5 Å². The van der Waals surface area contributed by atoms with E-state index in [1.165, 1.54) is 48.1 Å². The zero-order chi connectivity index (χ0) is 12.1. The van der Waals surface area contributed by atoms with Crippen LogP contribution in [0, 0.1) is 5.41 Å². The van der Waals surface area contributed by atoms with Crippen molar-refractivity contribution in [3.63, 3.8) is 0 Å². The summed E-state index contributed by atoms with van der Waals surface area (Å²) in [6, 6.07) is 0.545. The molecule has 0 aromatic carbocycles. The highest BCUT2D eigenvalue weighted by Gasteiger charge is 2.36. The second kappa shape index (κ2) is 6.37. The van der Waals surface area contributed by atoms with Crippen LogP contribution in [0.25, 0.3) is 0 Å². The molecule has 17 heavy (non-hydrogen) atoms. The smallest absolute Gasteiger partial charge is 0.156 e. The van der Waals surface area contributed by atoms with Crippen molar-refractivity contribution in [1.29, 1.82) is 0 Å². The summed E-state index contributed by atoms with van der Waals surface area (Å²) < 4.78 is 0. The van der Waals surface area contributed by atoms with Gasteiger partial charge in [0, 0.05) is 24.1 Å². The van der Waals surface area contributed by atoms with E-state index in [9.17, 15) is 0 Å². The molecular formula is C13H24N2S2. The largest absolute Gasteiger partial charge is 0.362 e. The summed E-state index contributed by atoms with van der Waals surface area (Å²) in [5, 5.41) is 4.74. The molecule has 1 aliphatic heterocycles. The van der Waals surface area contributed by atoms with E-state index >= 15 is 0 Å². The fourth-order valence-corrected chi connectivity index (χ4v) is 4.55. The Labute approximate surface area is 114 Å². The van der Waals surface area contributed by atoms with Gasteiger partial charge in [-0.25, -0.2) is 0 Å². The first-order chi connectivity index (χ1) is 8.24. The van der Waals surface area contributed by atoms with E-state index in [1.807, 2.05) is 23.5 Å². The first kappa shape index (κ1) is 13.6. The number of hydrogen-bond donors (Lipinski definition) is 1. The maximum Gasteiger partial charge on any atom is 0.156 e. The lowest BCUT2D eigenvalue weighted by Gasteiger charge is -2.31. The Balaban J connectivity index is 1.78. The molecule has 1 unspecified atom stereocenters. The highest BCUT2D eigenvalue weighted by Crippen LogP contribution is 2.43. The van der Waals surface area contributed by atoms with Crippen LogP contribution in [-0.2, 0) is 0 Å². The first-order valence-electron chi connectivity index (χ1n) is 6.76. The van der Waals surface area contributed by atoms with E-state index in [0.29, 0.717) is 11.5 Å². The molecule has 0 bridgehead atoms. The molecule has 1 N–H and O–H groups in total. The number of hydrogen-bond acceptors (Lipinski definition) is 4. The molecule has 1 aliphatic carbocycles. The van der Waals surface area contributed by atoms with Gasteiger partial charge in [-0.05, 0) is 30.9 Å². The lowest BCUT2D eigenvalue weighted by molar-refractivity contribution is 0.358. The topological polar surface area (TPSA) is 24.4 Å². The number of thioether (sulfide) groups is 2. The molecule has 4 heteroatoms. The zero-order valence-electron chi connectivity index (χ0n) is 11.0. The molecule has 1 spiro atoms. The monoisotopic (exact) mass is 272 g/mol. The molecule has 2 rings (SSSR count). The lowest BCUT2D eigenvalue weighted by atomic mass is 9.89. The Bertz CT molecular complexity index is 273. The molecule has 1 atom stereocenters. The number of aliphatic imine (C=N–C) groups is 1. The maximum atomic E-state index is 4.77. The molecule has 98 valence electrons. The Kier molecular flexibility index (Phi) is 5.10. The maximum absolute atomic E-state index is 4.77. The van der Waals surface area contributed by atoms with E-state index in [0.717, 1.165) is 6.54 Å². The van der Waals surface area contributed by atoms with Gasteiger partial charge in [-0.1, -0.05) is 31.5 Å². The molecule has 2 aliphatic rings. The van der Waals surface area contributed by atoms with Gasteiger partial charge in [0.05, 0.1) is 0 Å². The molecule has 0 aromatic rings. The molecule has 2 nitrogen and oxygen atoms in total. The SMILES string of the molecule is CCSCC(C)NC1=NCC2(CCCC2)CS1. The van der Waals surface area contributed by atoms with Gasteiger partial charge in [-0.2, -0.15) is 11.8 Å². The van der Waals surface area contributed by atoms with Gasteiger partial charge < -0.3 is 5.32 Å². The van der Waals surface area contributed by atoms with Crippen molar-refractivity contribution in [3.05, 3.63) is 0 Å². The minimum Gasteiger partial charge on any atom is -0.362 e. The van der Waals surface area contributed by atoms with Crippen molar-refractivity contribution >= 4 is 28.7 Å². The van der Waals surface area contributed by atoms with Crippen LogP contribution in [0.2, 0.25) is 0 Å². The predicted molar refractivity (Wildman–Crippen MR) is 81.3 cm³/mol. The number of nitrogens with one attached hydrogen (secondary N) is 1. The van der Waals surface area contributed by atoms with Crippen LogP contribution in [0.5, 0.6) is 0 Å². The van der Waals surface area contributed by atoms with E-state index < -0.39 is 0 Å². The molecule has 0 saturated heterocycles. The molecule has 1 heterocycles. The van der Waals surface area contributed by atoms with Crippen LogP contribution in [0.4, 0.5) is 0 Å². The Morgan fingerprint density at radius 2 is 2.24 bits per heavy atom.